The van der Waals surface area contributed by atoms with Gasteiger partial charge in [-0.1, -0.05) is 68.0 Å². The number of likely N-dealkylation sites (N-methyl/N-ethyl adjacent to an activating group) is 1. The normalized spacial score (nSPS) is 13.5. The molecule has 0 saturated carbocycles. The molecule has 0 aliphatic carbocycles. The van der Waals surface area contributed by atoms with Gasteiger partial charge in [0.25, 0.3) is 0 Å². The summed E-state index contributed by atoms with van der Waals surface area (Å²) in [5.74, 6) is -4.29. The highest BCUT2D eigenvalue weighted by molar-refractivity contribution is 5.99. The molecule has 11 heteroatoms. The van der Waals surface area contributed by atoms with Crippen molar-refractivity contribution in [2.75, 3.05) is 12.4 Å². The Balaban J connectivity index is 2.31. The van der Waals surface area contributed by atoms with Crippen molar-refractivity contribution in [2.45, 2.75) is 64.3 Å². The van der Waals surface area contributed by atoms with Gasteiger partial charge >= 0.3 is 12.1 Å². The minimum atomic E-state index is -5.21. The molecule has 0 aliphatic rings. The van der Waals surface area contributed by atoms with Crippen LogP contribution in [0.25, 0.3) is 0 Å². The monoisotopic (exact) mass is 574 g/mol. The van der Waals surface area contributed by atoms with Gasteiger partial charge in [-0.05, 0) is 43.4 Å². The Morgan fingerprint density at radius 3 is 1.95 bits per heavy atom. The van der Waals surface area contributed by atoms with Crippen LogP contribution in [0.5, 0.6) is 0 Å². The molecule has 2 aromatic rings. The molecule has 0 radical (unpaired) electrons. The maximum atomic E-state index is 13.7. The molecule has 4 amide bonds. The molecule has 3 N–H and O–H groups in total. The first-order valence-corrected chi connectivity index (χ1v) is 13.2. The number of carbonyl (C=O) groups excluding carboxylic acids is 4. The second-order valence-electron chi connectivity index (χ2n) is 10.4. The third-order valence-corrected chi connectivity index (χ3v) is 6.18. The Hall–Kier alpha value is -4.15. The molecule has 0 bridgehead atoms. The van der Waals surface area contributed by atoms with Crippen LogP contribution < -0.4 is 16.0 Å². The molecule has 0 heterocycles. The van der Waals surface area contributed by atoms with E-state index in [1.54, 1.807) is 72.9 Å². The Morgan fingerprint density at radius 1 is 0.878 bits per heavy atom. The lowest BCUT2D eigenvalue weighted by Gasteiger charge is -2.32. The number of benzene rings is 2. The van der Waals surface area contributed by atoms with Crippen LogP contribution in [-0.4, -0.2) is 59.9 Å². The minimum absolute atomic E-state index is 0.0267. The molecule has 0 spiro atoms. The summed E-state index contributed by atoms with van der Waals surface area (Å²) < 4.78 is 39.2. The number of nitrogens with one attached hydrogen (secondary N) is 3. The van der Waals surface area contributed by atoms with E-state index in [0.717, 1.165) is 0 Å². The molecule has 222 valence electrons. The van der Waals surface area contributed by atoms with E-state index >= 15 is 0 Å². The summed E-state index contributed by atoms with van der Waals surface area (Å²) in [6.45, 7) is 9.22. The Morgan fingerprint density at radius 2 is 1.44 bits per heavy atom. The number of rotatable bonds is 13. The first kappa shape index (κ1) is 33.1. The molecule has 2 aromatic carbocycles. The maximum absolute atomic E-state index is 13.7. The number of amides is 4. The van der Waals surface area contributed by atoms with Crippen LogP contribution in [0, 0.1) is 5.92 Å². The molecule has 2 rings (SSSR count). The summed E-state index contributed by atoms with van der Waals surface area (Å²) >= 11 is 0. The van der Waals surface area contributed by atoms with Crippen LogP contribution in [-0.2, 0) is 25.6 Å². The lowest BCUT2D eigenvalue weighted by atomic mass is 9.99. The van der Waals surface area contributed by atoms with Crippen LogP contribution >= 0.6 is 0 Å². The zero-order valence-corrected chi connectivity index (χ0v) is 23.6. The lowest BCUT2D eigenvalue weighted by molar-refractivity contribution is -0.174. The van der Waals surface area contributed by atoms with Crippen LogP contribution in [0.3, 0.4) is 0 Å². The number of hydrogen-bond acceptors (Lipinski definition) is 4. The van der Waals surface area contributed by atoms with Crippen molar-refractivity contribution >= 4 is 29.3 Å². The number of nitrogens with zero attached hydrogens (tertiary/aromatic N) is 1. The predicted octanol–water partition coefficient (Wildman–Crippen LogP) is 4.24. The average Bonchev–Trinajstić information content (AvgIpc) is 2.90. The minimum Gasteiger partial charge on any atom is -0.342 e. The Kier molecular flexibility index (Phi) is 12.1. The van der Waals surface area contributed by atoms with Crippen molar-refractivity contribution in [1.29, 1.82) is 0 Å². The summed E-state index contributed by atoms with van der Waals surface area (Å²) in [6.07, 6.45) is -5.17. The number of carbonyl (C=O) groups is 4. The van der Waals surface area contributed by atoms with Gasteiger partial charge in [0.1, 0.15) is 18.1 Å². The molecular formula is C30H37F3N4O4. The molecule has 41 heavy (non-hydrogen) atoms. The first-order valence-electron chi connectivity index (χ1n) is 13.2. The van der Waals surface area contributed by atoms with Crippen LogP contribution in [0.15, 0.2) is 72.8 Å². The number of halogens is 3. The maximum Gasteiger partial charge on any atom is 0.471 e. The molecule has 8 nitrogen and oxygen atoms in total. The molecule has 3 atom stereocenters. The lowest BCUT2D eigenvalue weighted by Crippen LogP contribution is -2.58. The van der Waals surface area contributed by atoms with Crippen molar-refractivity contribution < 1.29 is 32.3 Å². The number of alkyl halides is 3. The van der Waals surface area contributed by atoms with Crippen molar-refractivity contribution in [3.05, 3.63) is 78.4 Å². The fourth-order valence-corrected chi connectivity index (χ4v) is 4.15. The van der Waals surface area contributed by atoms with Gasteiger partial charge in [0.2, 0.25) is 17.7 Å². The fraction of sp³-hybridized carbons (Fsp3) is 0.400. The SMILES string of the molecule is C=C(C)C[C@@H](NC(=O)[C@H](Cc1ccccc1)NC(=O)C(F)(F)F)C(=O)N(C)[C@@H](CC(C)C)C(=O)Nc1ccccc1. The van der Waals surface area contributed by atoms with E-state index in [1.165, 1.54) is 11.9 Å². The Labute approximate surface area is 238 Å². The highest BCUT2D eigenvalue weighted by Crippen LogP contribution is 2.18. The van der Waals surface area contributed by atoms with Crippen molar-refractivity contribution in [3.8, 4) is 0 Å². The second kappa shape index (κ2) is 15.0. The van der Waals surface area contributed by atoms with Gasteiger partial charge in [0, 0.05) is 19.2 Å². The van der Waals surface area contributed by atoms with Crippen molar-refractivity contribution in [1.82, 2.24) is 15.5 Å². The zero-order chi connectivity index (χ0) is 30.7. The van der Waals surface area contributed by atoms with Gasteiger partial charge in [-0.3, -0.25) is 19.2 Å². The summed E-state index contributed by atoms with van der Waals surface area (Å²) in [6, 6.07) is 13.1. The highest BCUT2D eigenvalue weighted by atomic mass is 19.4. The summed E-state index contributed by atoms with van der Waals surface area (Å²) in [5, 5.41) is 7.03. The summed E-state index contributed by atoms with van der Waals surface area (Å²) in [5.41, 5.74) is 1.57. The van der Waals surface area contributed by atoms with Crippen molar-refractivity contribution in [2.24, 2.45) is 5.92 Å². The van der Waals surface area contributed by atoms with E-state index in [0.29, 0.717) is 23.2 Å². The van der Waals surface area contributed by atoms with Gasteiger partial charge in [-0.25, -0.2) is 0 Å². The average molecular weight is 575 g/mol. The van der Waals surface area contributed by atoms with Gasteiger partial charge in [-0.2, -0.15) is 13.2 Å². The quantitative estimate of drug-likeness (QED) is 0.311. The molecule has 0 fully saturated rings. The molecular weight excluding hydrogens is 537 g/mol. The largest absolute Gasteiger partial charge is 0.471 e. The fourth-order valence-electron chi connectivity index (χ4n) is 4.15. The third kappa shape index (κ3) is 10.7. The van der Waals surface area contributed by atoms with Gasteiger partial charge < -0.3 is 20.9 Å². The van der Waals surface area contributed by atoms with Crippen molar-refractivity contribution in [3.63, 3.8) is 0 Å². The smallest absolute Gasteiger partial charge is 0.342 e. The van der Waals surface area contributed by atoms with E-state index < -0.39 is 47.9 Å². The number of para-hydroxylation sites is 1. The predicted molar refractivity (Wildman–Crippen MR) is 151 cm³/mol. The molecule has 0 aliphatic heterocycles. The second-order valence-corrected chi connectivity index (χ2v) is 10.4. The van der Waals surface area contributed by atoms with E-state index in [2.05, 4.69) is 17.2 Å². The van der Waals surface area contributed by atoms with E-state index in [9.17, 15) is 32.3 Å². The summed E-state index contributed by atoms with van der Waals surface area (Å²) in [7, 11) is 1.43. The van der Waals surface area contributed by atoms with Crippen LogP contribution in [0.4, 0.5) is 18.9 Å². The number of anilines is 1. The third-order valence-electron chi connectivity index (χ3n) is 6.18. The Bertz CT molecular complexity index is 1200. The van der Waals surface area contributed by atoms with Gasteiger partial charge in [0.05, 0.1) is 0 Å². The highest BCUT2D eigenvalue weighted by Gasteiger charge is 2.41. The summed E-state index contributed by atoms with van der Waals surface area (Å²) in [4.78, 5) is 53.2. The first-order chi connectivity index (χ1) is 19.2. The number of hydrogen-bond donors (Lipinski definition) is 3. The van der Waals surface area contributed by atoms with E-state index in [-0.39, 0.29) is 18.8 Å². The van der Waals surface area contributed by atoms with E-state index in [4.69, 9.17) is 0 Å². The zero-order valence-electron chi connectivity index (χ0n) is 23.6. The van der Waals surface area contributed by atoms with Gasteiger partial charge in [-0.15, -0.1) is 6.58 Å². The van der Waals surface area contributed by atoms with E-state index in [1.807, 2.05) is 13.8 Å². The molecule has 0 unspecified atom stereocenters. The van der Waals surface area contributed by atoms with Crippen LogP contribution in [0.2, 0.25) is 0 Å². The van der Waals surface area contributed by atoms with Crippen LogP contribution in [0.1, 0.15) is 39.2 Å². The molecule has 0 saturated heterocycles. The topological polar surface area (TPSA) is 108 Å². The van der Waals surface area contributed by atoms with Gasteiger partial charge in [0.15, 0.2) is 0 Å². The standard InChI is InChI=1S/C30H37F3N4O4/c1-19(2)16-24(28(40)37(5)25(17-20(3)4)27(39)34-22-14-10-7-11-15-22)35-26(38)23(36-29(41)30(31,32)33)18-21-12-8-6-9-13-21/h6-15,20,23-25H,1,16-18H2,2-5H3,(H,34,39)(H,35,38)(H,36,41)/t23-,24+,25-/m0/s1. The molecule has 0 aromatic heterocycles.